The van der Waals surface area contributed by atoms with Crippen LogP contribution >= 0.6 is 11.8 Å². The van der Waals surface area contributed by atoms with Crippen molar-refractivity contribution < 1.29 is 19.1 Å². The van der Waals surface area contributed by atoms with Gasteiger partial charge in [-0.1, -0.05) is 72.4 Å². The van der Waals surface area contributed by atoms with Gasteiger partial charge in [-0.25, -0.2) is 9.79 Å². The number of carbonyl (C=O) groups excluding carboxylic acids is 2. The van der Waals surface area contributed by atoms with Gasteiger partial charge in [0.2, 0.25) is 5.91 Å². The first-order valence-electron chi connectivity index (χ1n) is 14.4. The molecule has 0 bridgehead atoms. The van der Waals surface area contributed by atoms with Crippen LogP contribution in [-0.4, -0.2) is 65.0 Å². The third-order valence-corrected chi connectivity index (χ3v) is 8.66. The number of allylic oxidation sites excluding steroid dienone is 1. The summed E-state index contributed by atoms with van der Waals surface area (Å²) in [5.74, 6) is 0.994. The Morgan fingerprint density at radius 2 is 1.60 bits per heavy atom. The Bertz CT molecular complexity index is 1580. The van der Waals surface area contributed by atoms with Gasteiger partial charge in [0.05, 0.1) is 23.7 Å². The molecule has 1 atom stereocenters. The molecule has 0 spiro atoms. The number of carbonyl (C=O) groups is 2. The van der Waals surface area contributed by atoms with Gasteiger partial charge in [0.25, 0.3) is 0 Å². The predicted octanol–water partition coefficient (Wildman–Crippen LogP) is 5.96. The number of amidine groups is 1. The molecular formula is C34H34N4O4S. The molecule has 0 aromatic heterocycles. The van der Waals surface area contributed by atoms with Crippen LogP contribution in [-0.2, 0) is 20.9 Å². The molecule has 3 aliphatic heterocycles. The van der Waals surface area contributed by atoms with Crippen LogP contribution in [0, 0.1) is 0 Å². The van der Waals surface area contributed by atoms with Crippen molar-refractivity contribution >= 4 is 28.8 Å². The van der Waals surface area contributed by atoms with Gasteiger partial charge in [0, 0.05) is 31.9 Å². The minimum Gasteiger partial charge on any atom is -0.457 e. The third-order valence-electron chi connectivity index (χ3n) is 7.77. The maximum atomic E-state index is 13.8. The SMILES string of the molecule is CC1=C(C(=O)OCc2ccccc2)C(c2cccc(Oc3ccccc3)c2)N2C(CC(=O)N3CCN(C)CC3)=CSC2=N1. The standard InChI is InChI=1S/C34H34N4O4S/c1-24-31(33(40)41-22-25-10-5-3-6-11-25)32(26-12-9-15-29(20-26)42-28-13-7-4-8-14-28)38-27(23-43-34(38)35-24)21-30(39)37-18-16-36(2)17-19-37/h3-15,20,23,32H,16-19,21-22H2,1-2H3. The minimum absolute atomic E-state index is 0.0700. The number of benzene rings is 3. The number of piperazine rings is 1. The van der Waals surface area contributed by atoms with Crippen LogP contribution in [0.25, 0.3) is 0 Å². The minimum atomic E-state index is -0.545. The number of hydrogen-bond donors (Lipinski definition) is 0. The van der Waals surface area contributed by atoms with E-state index < -0.39 is 12.0 Å². The Kier molecular flexibility index (Phi) is 8.62. The van der Waals surface area contributed by atoms with Gasteiger partial charge in [-0.05, 0) is 54.8 Å². The molecule has 3 aromatic carbocycles. The molecular weight excluding hydrogens is 560 g/mol. The summed E-state index contributed by atoms with van der Waals surface area (Å²) in [6.07, 6.45) is 0.220. The third kappa shape index (κ3) is 6.53. The van der Waals surface area contributed by atoms with E-state index in [1.165, 1.54) is 11.8 Å². The highest BCUT2D eigenvalue weighted by Crippen LogP contribution is 2.45. The van der Waals surface area contributed by atoms with Crippen LogP contribution < -0.4 is 4.74 Å². The summed E-state index contributed by atoms with van der Waals surface area (Å²) in [4.78, 5) is 38.3. The highest BCUT2D eigenvalue weighted by molar-refractivity contribution is 8.16. The molecule has 9 heteroatoms. The van der Waals surface area contributed by atoms with Crippen molar-refractivity contribution in [1.29, 1.82) is 0 Å². The molecule has 3 aliphatic rings. The van der Waals surface area contributed by atoms with Crippen molar-refractivity contribution in [3.05, 3.63) is 118 Å². The highest BCUT2D eigenvalue weighted by atomic mass is 32.2. The summed E-state index contributed by atoms with van der Waals surface area (Å²) in [6, 6.07) is 26.4. The van der Waals surface area contributed by atoms with Crippen LogP contribution in [0.4, 0.5) is 0 Å². The quantitative estimate of drug-likeness (QED) is 0.298. The second-order valence-electron chi connectivity index (χ2n) is 10.8. The number of esters is 1. The Hall–Kier alpha value is -4.34. The molecule has 1 saturated heterocycles. The molecule has 220 valence electrons. The monoisotopic (exact) mass is 594 g/mol. The van der Waals surface area contributed by atoms with Crippen molar-refractivity contribution in [2.24, 2.45) is 4.99 Å². The normalized spacial score (nSPS) is 18.6. The number of hydrogen-bond acceptors (Lipinski definition) is 8. The summed E-state index contributed by atoms with van der Waals surface area (Å²) in [5.41, 5.74) is 3.59. The first kappa shape index (κ1) is 28.8. The first-order chi connectivity index (χ1) is 21.0. The van der Waals surface area contributed by atoms with E-state index in [9.17, 15) is 9.59 Å². The Morgan fingerprint density at radius 1 is 0.907 bits per heavy atom. The molecule has 1 fully saturated rings. The Labute approximate surface area is 256 Å². The van der Waals surface area contributed by atoms with Crippen LogP contribution in [0.1, 0.15) is 30.5 Å². The molecule has 0 N–H and O–H groups in total. The fourth-order valence-corrected chi connectivity index (χ4v) is 6.41. The number of rotatable bonds is 8. The Morgan fingerprint density at radius 3 is 2.35 bits per heavy atom. The molecule has 6 rings (SSSR count). The van der Waals surface area contributed by atoms with Crippen LogP contribution in [0.15, 0.2) is 112 Å². The molecule has 0 saturated carbocycles. The van der Waals surface area contributed by atoms with Crippen LogP contribution in [0.5, 0.6) is 11.5 Å². The number of amides is 1. The average Bonchev–Trinajstić information content (AvgIpc) is 3.42. The van der Waals surface area contributed by atoms with E-state index in [1.807, 2.05) is 107 Å². The summed E-state index contributed by atoms with van der Waals surface area (Å²) in [5, 5.41) is 2.72. The lowest BCUT2D eigenvalue weighted by atomic mass is 9.93. The Balaban J connectivity index is 1.32. The van der Waals surface area contributed by atoms with Gasteiger partial charge in [-0.2, -0.15) is 0 Å². The molecule has 43 heavy (non-hydrogen) atoms. The lowest BCUT2D eigenvalue weighted by Crippen LogP contribution is -2.47. The second kappa shape index (κ2) is 12.9. The molecule has 3 heterocycles. The van der Waals surface area contributed by atoms with Gasteiger partial charge in [0.15, 0.2) is 5.17 Å². The van der Waals surface area contributed by atoms with E-state index in [2.05, 4.69) is 11.9 Å². The van der Waals surface area contributed by atoms with E-state index in [0.29, 0.717) is 30.1 Å². The van der Waals surface area contributed by atoms with Crippen molar-refractivity contribution in [3.63, 3.8) is 0 Å². The molecule has 0 aliphatic carbocycles. The van der Waals surface area contributed by atoms with E-state index in [-0.39, 0.29) is 18.9 Å². The number of para-hydroxylation sites is 1. The van der Waals surface area contributed by atoms with E-state index in [1.54, 1.807) is 0 Å². The first-order valence-corrected chi connectivity index (χ1v) is 15.3. The maximum absolute atomic E-state index is 13.8. The fourth-order valence-electron chi connectivity index (χ4n) is 5.44. The zero-order valence-corrected chi connectivity index (χ0v) is 25.1. The zero-order chi connectivity index (χ0) is 29.8. The van der Waals surface area contributed by atoms with Crippen LogP contribution in [0.2, 0.25) is 0 Å². The highest BCUT2D eigenvalue weighted by Gasteiger charge is 2.41. The summed E-state index contributed by atoms with van der Waals surface area (Å²) >= 11 is 1.47. The fraction of sp³-hybridized carbons (Fsp3) is 0.265. The van der Waals surface area contributed by atoms with E-state index >= 15 is 0 Å². The molecule has 1 amide bonds. The summed E-state index contributed by atoms with van der Waals surface area (Å²) in [7, 11) is 2.07. The number of thioether (sulfide) groups is 1. The van der Waals surface area contributed by atoms with Crippen molar-refractivity contribution in [1.82, 2.24) is 14.7 Å². The zero-order valence-electron chi connectivity index (χ0n) is 24.3. The largest absolute Gasteiger partial charge is 0.457 e. The number of likely N-dealkylation sites (N-methyl/N-ethyl adjacent to an activating group) is 1. The van der Waals surface area contributed by atoms with E-state index in [4.69, 9.17) is 14.5 Å². The second-order valence-corrected chi connectivity index (χ2v) is 11.6. The predicted molar refractivity (Wildman–Crippen MR) is 168 cm³/mol. The molecule has 1 unspecified atom stereocenters. The van der Waals surface area contributed by atoms with Gasteiger partial charge < -0.3 is 24.2 Å². The molecule has 0 radical (unpaired) electrons. The van der Waals surface area contributed by atoms with Crippen molar-refractivity contribution in [2.75, 3.05) is 33.2 Å². The van der Waals surface area contributed by atoms with Gasteiger partial charge in [-0.15, -0.1) is 0 Å². The molecule has 8 nitrogen and oxygen atoms in total. The van der Waals surface area contributed by atoms with Gasteiger partial charge >= 0.3 is 5.97 Å². The summed E-state index contributed by atoms with van der Waals surface area (Å²) < 4.78 is 12.0. The van der Waals surface area contributed by atoms with Crippen molar-refractivity contribution in [2.45, 2.75) is 26.0 Å². The average molecular weight is 595 g/mol. The maximum Gasteiger partial charge on any atom is 0.338 e. The smallest absolute Gasteiger partial charge is 0.338 e. The lowest BCUT2D eigenvalue weighted by molar-refractivity contribution is -0.141. The number of ether oxygens (including phenoxy) is 2. The number of fused-ring (bicyclic) bond motifs is 1. The van der Waals surface area contributed by atoms with Gasteiger partial charge in [0.1, 0.15) is 18.1 Å². The lowest BCUT2D eigenvalue weighted by Gasteiger charge is -2.37. The molecule has 3 aromatic rings. The number of aliphatic imine (C=N–C) groups is 1. The van der Waals surface area contributed by atoms with Gasteiger partial charge in [-0.3, -0.25) is 4.79 Å². The number of nitrogens with zero attached hydrogens (tertiary/aromatic N) is 4. The topological polar surface area (TPSA) is 74.7 Å². The van der Waals surface area contributed by atoms with Crippen molar-refractivity contribution in [3.8, 4) is 11.5 Å². The van der Waals surface area contributed by atoms with E-state index in [0.717, 1.165) is 40.8 Å². The summed E-state index contributed by atoms with van der Waals surface area (Å²) in [6.45, 7) is 5.10. The van der Waals surface area contributed by atoms with Crippen LogP contribution in [0.3, 0.4) is 0 Å².